The van der Waals surface area contributed by atoms with Gasteiger partial charge in [0.25, 0.3) is 0 Å². The summed E-state index contributed by atoms with van der Waals surface area (Å²) in [6, 6.07) is 0. The number of methoxy groups -OCH3 is 3. The fourth-order valence-electron chi connectivity index (χ4n) is 3.05. The van der Waals surface area contributed by atoms with E-state index in [-0.39, 0.29) is 36.2 Å². The average molecular weight is 521 g/mol. The number of hydrogen-bond acceptors (Lipinski definition) is 12. The van der Waals surface area contributed by atoms with Gasteiger partial charge in [0.2, 0.25) is 31.8 Å². The van der Waals surface area contributed by atoms with Crippen molar-refractivity contribution >= 4 is 20.0 Å². The van der Waals surface area contributed by atoms with Crippen LogP contribution in [0.4, 0.5) is 0 Å². The van der Waals surface area contributed by atoms with E-state index in [9.17, 15) is 16.8 Å². The summed E-state index contributed by atoms with van der Waals surface area (Å²) >= 11 is 0. The first-order valence-electron chi connectivity index (χ1n) is 9.81. The van der Waals surface area contributed by atoms with Crippen molar-refractivity contribution in [3.05, 3.63) is 36.2 Å². The summed E-state index contributed by atoms with van der Waals surface area (Å²) < 4.78 is 69.7. The number of hydrogen-bond donors (Lipinski definition) is 2. The lowest BCUT2D eigenvalue weighted by Gasteiger charge is -2.26. The Kier molecular flexibility index (Phi) is 9.60. The van der Waals surface area contributed by atoms with Crippen molar-refractivity contribution in [2.75, 3.05) is 27.9 Å². The summed E-state index contributed by atoms with van der Waals surface area (Å²) in [7, 11) is -4.08. The second-order valence-corrected chi connectivity index (χ2v) is 10.8. The molecule has 4 atom stereocenters. The molecule has 34 heavy (non-hydrogen) atoms. The molecule has 0 aliphatic heterocycles. The minimum atomic E-state index is -4.15. The summed E-state index contributed by atoms with van der Waals surface area (Å²) in [6.07, 6.45) is 2.81. The second-order valence-electron chi connectivity index (χ2n) is 7.13. The van der Waals surface area contributed by atoms with E-state index in [1.54, 1.807) is 0 Å². The van der Waals surface area contributed by atoms with Gasteiger partial charge in [-0.05, 0) is 13.3 Å². The van der Waals surface area contributed by atoms with Crippen molar-refractivity contribution in [2.45, 2.75) is 36.1 Å². The van der Waals surface area contributed by atoms with Gasteiger partial charge in [0.15, 0.2) is 0 Å². The summed E-state index contributed by atoms with van der Waals surface area (Å²) in [5.41, 5.74) is 0.372. The molecule has 0 saturated carbocycles. The molecule has 2 heterocycles. The largest absolute Gasteiger partial charge is 0.480 e. The Hall–Kier alpha value is -2.50. The Morgan fingerprint density at radius 3 is 1.65 bits per heavy atom. The third-order valence-corrected chi connectivity index (χ3v) is 7.57. The number of nitrogens with two attached hydrogens (primary N) is 2. The molecule has 0 aliphatic rings. The quantitative estimate of drug-likeness (QED) is 0.341. The van der Waals surface area contributed by atoms with Crippen LogP contribution in [0.2, 0.25) is 0 Å². The lowest BCUT2D eigenvalue weighted by Crippen LogP contribution is -2.37. The van der Waals surface area contributed by atoms with Crippen LogP contribution in [0.25, 0.3) is 0 Å². The molecule has 0 bridgehead atoms. The highest BCUT2D eigenvalue weighted by Gasteiger charge is 2.35. The Morgan fingerprint density at radius 2 is 1.29 bits per heavy atom. The van der Waals surface area contributed by atoms with Crippen molar-refractivity contribution < 1.29 is 35.8 Å². The molecule has 190 valence electrons. The van der Waals surface area contributed by atoms with Crippen LogP contribution in [0.1, 0.15) is 36.9 Å². The molecule has 14 nitrogen and oxygen atoms in total. The molecule has 4 N–H and O–H groups in total. The van der Waals surface area contributed by atoms with Crippen molar-refractivity contribution in [2.24, 2.45) is 10.3 Å². The molecule has 2 aromatic heterocycles. The highest BCUT2D eigenvalue weighted by molar-refractivity contribution is 7.90. The molecule has 0 fully saturated rings. The zero-order valence-corrected chi connectivity index (χ0v) is 20.7. The van der Waals surface area contributed by atoms with E-state index in [4.69, 9.17) is 29.2 Å². The molecule has 0 amide bonds. The zero-order valence-electron chi connectivity index (χ0n) is 19.1. The Labute approximate surface area is 198 Å². The number of nitrogens with zero attached hydrogens (tertiary/aromatic N) is 4. The maximum atomic E-state index is 12.4. The van der Waals surface area contributed by atoms with Gasteiger partial charge in [0, 0.05) is 13.7 Å². The first-order chi connectivity index (χ1) is 15.9. The molecular weight excluding hydrogens is 492 g/mol. The van der Waals surface area contributed by atoms with Crippen LogP contribution in [0.5, 0.6) is 11.8 Å². The topological polar surface area (TPSA) is 209 Å². The van der Waals surface area contributed by atoms with Gasteiger partial charge >= 0.3 is 0 Å². The SMILES string of the molecule is COc1cnc([C@@H](OCC[C@@H]([C@@H](OC)c2cnc(OC)cn2)S(N)(=O)=O)[C@@H](C)S(N)(=O)=O)cn1. The number of primary sulfonamides is 2. The van der Waals surface area contributed by atoms with Crippen molar-refractivity contribution in [1.82, 2.24) is 19.9 Å². The van der Waals surface area contributed by atoms with Gasteiger partial charge in [0.1, 0.15) is 22.7 Å². The summed E-state index contributed by atoms with van der Waals surface area (Å²) in [5.74, 6) is 0.443. The Morgan fingerprint density at radius 1 is 0.794 bits per heavy atom. The molecule has 0 aliphatic carbocycles. The first kappa shape index (κ1) is 27.7. The molecule has 2 rings (SSSR count). The predicted octanol–water partition coefficient (Wildman–Crippen LogP) is -0.547. The second kappa shape index (κ2) is 11.8. The van der Waals surface area contributed by atoms with Crippen LogP contribution in [0.3, 0.4) is 0 Å². The van der Waals surface area contributed by atoms with E-state index in [1.807, 2.05) is 0 Å². The highest BCUT2D eigenvalue weighted by atomic mass is 32.2. The van der Waals surface area contributed by atoms with Gasteiger partial charge in [-0.3, -0.25) is 9.97 Å². The van der Waals surface area contributed by atoms with Crippen LogP contribution in [0.15, 0.2) is 24.8 Å². The highest BCUT2D eigenvalue weighted by Crippen LogP contribution is 2.28. The molecule has 0 unspecified atom stereocenters. The summed E-state index contributed by atoms with van der Waals surface area (Å²) in [4.78, 5) is 16.2. The molecule has 0 radical (unpaired) electrons. The van der Waals surface area contributed by atoms with Crippen molar-refractivity contribution in [1.29, 1.82) is 0 Å². The maximum Gasteiger partial charge on any atom is 0.231 e. The van der Waals surface area contributed by atoms with Crippen molar-refractivity contribution in [3.8, 4) is 11.8 Å². The van der Waals surface area contributed by atoms with Gasteiger partial charge in [0.05, 0.1) is 50.4 Å². The van der Waals surface area contributed by atoms with Gasteiger partial charge in [-0.1, -0.05) is 0 Å². The van der Waals surface area contributed by atoms with Crippen LogP contribution in [-0.2, 0) is 29.5 Å². The summed E-state index contributed by atoms with van der Waals surface area (Å²) in [6.45, 7) is 1.11. The number of rotatable bonds is 13. The summed E-state index contributed by atoms with van der Waals surface area (Å²) in [5, 5.41) is 8.25. The fourth-order valence-corrected chi connectivity index (χ4v) is 4.64. The lowest BCUT2D eigenvalue weighted by molar-refractivity contribution is 0.0331. The minimum Gasteiger partial charge on any atom is -0.480 e. The minimum absolute atomic E-state index is 0.164. The first-order valence-corrected chi connectivity index (χ1v) is 13.0. The van der Waals surface area contributed by atoms with Crippen LogP contribution in [-0.4, -0.2) is 75.2 Å². The molecular formula is C18H28N6O8S2. The average Bonchev–Trinajstić information content (AvgIpc) is 2.80. The third-order valence-electron chi connectivity index (χ3n) is 4.96. The maximum absolute atomic E-state index is 12.4. The molecule has 16 heteroatoms. The molecule has 0 saturated heterocycles. The van der Waals surface area contributed by atoms with E-state index in [1.165, 1.54) is 53.0 Å². The predicted molar refractivity (Wildman–Crippen MR) is 120 cm³/mol. The van der Waals surface area contributed by atoms with Gasteiger partial charge < -0.3 is 18.9 Å². The molecule has 0 aromatic carbocycles. The smallest absolute Gasteiger partial charge is 0.231 e. The van der Waals surface area contributed by atoms with E-state index in [0.717, 1.165) is 0 Å². The normalized spacial score (nSPS) is 15.8. The number of ether oxygens (including phenoxy) is 4. The van der Waals surface area contributed by atoms with E-state index in [2.05, 4.69) is 19.9 Å². The lowest BCUT2D eigenvalue weighted by atomic mass is 10.1. The fraction of sp³-hybridized carbons (Fsp3) is 0.556. The monoisotopic (exact) mass is 520 g/mol. The number of sulfonamides is 2. The van der Waals surface area contributed by atoms with E-state index >= 15 is 0 Å². The Bertz CT molecular complexity index is 1130. The van der Waals surface area contributed by atoms with Gasteiger partial charge in [-0.25, -0.2) is 37.1 Å². The van der Waals surface area contributed by atoms with E-state index in [0.29, 0.717) is 0 Å². The standard InChI is InChI=1S/C18H28N6O8S2/c1-11(33(19,25)26)17(12-7-23-15(29-2)9-21-12)32-6-5-14(34(20,27)28)18(31-4)13-8-24-16(30-3)10-22-13/h7-11,14,17-18H,5-6H2,1-4H3,(H2,19,25,26)(H2,20,27,28)/t11-,14+,17+,18+/m1/s1. The van der Waals surface area contributed by atoms with Crippen LogP contribution in [0, 0.1) is 0 Å². The van der Waals surface area contributed by atoms with E-state index < -0.39 is 42.8 Å². The van der Waals surface area contributed by atoms with Crippen molar-refractivity contribution in [3.63, 3.8) is 0 Å². The van der Waals surface area contributed by atoms with Gasteiger partial charge in [-0.15, -0.1) is 0 Å². The van der Waals surface area contributed by atoms with Crippen LogP contribution < -0.4 is 19.8 Å². The number of aromatic nitrogens is 4. The molecule has 0 spiro atoms. The van der Waals surface area contributed by atoms with Crippen LogP contribution >= 0.6 is 0 Å². The molecule has 2 aromatic rings. The zero-order chi connectivity index (χ0) is 25.5. The Balaban J connectivity index is 2.27. The van der Waals surface area contributed by atoms with Gasteiger partial charge in [-0.2, -0.15) is 0 Å². The third kappa shape index (κ3) is 7.25.